The van der Waals surface area contributed by atoms with Gasteiger partial charge in [0.2, 0.25) is 0 Å². The summed E-state index contributed by atoms with van der Waals surface area (Å²) in [7, 11) is 0. The van der Waals surface area contributed by atoms with Crippen molar-refractivity contribution in [1.29, 1.82) is 0 Å². The molecule has 1 saturated heterocycles. The highest BCUT2D eigenvalue weighted by molar-refractivity contribution is 14.1. The van der Waals surface area contributed by atoms with E-state index < -0.39 is 0 Å². The molecule has 0 spiro atoms. The lowest BCUT2D eigenvalue weighted by atomic mass is 10.2. The fraction of sp³-hybridized carbons (Fsp3) is 0.500. The van der Waals surface area contributed by atoms with E-state index in [2.05, 4.69) is 4.90 Å². The number of halogens is 2. The molecule has 2 rings (SSSR count). The van der Waals surface area contributed by atoms with Crippen molar-refractivity contribution >= 4 is 28.5 Å². The van der Waals surface area contributed by atoms with Crippen LogP contribution < -0.4 is 0 Å². The number of rotatable bonds is 3. The third kappa shape index (κ3) is 3.89. The highest BCUT2D eigenvalue weighted by Crippen LogP contribution is 2.17. The molecule has 0 bridgehead atoms. The lowest BCUT2D eigenvalue weighted by Crippen LogP contribution is -2.36. The Labute approximate surface area is 131 Å². The van der Waals surface area contributed by atoms with E-state index >= 15 is 0 Å². The van der Waals surface area contributed by atoms with Gasteiger partial charge >= 0.3 is 0 Å². The van der Waals surface area contributed by atoms with Gasteiger partial charge in [0.15, 0.2) is 0 Å². The molecule has 1 fully saturated rings. The molecule has 1 aromatic carbocycles. The maximum atomic E-state index is 13.1. The lowest BCUT2D eigenvalue weighted by Gasteiger charge is -2.22. The summed E-state index contributed by atoms with van der Waals surface area (Å²) in [5.74, 6) is -0.365. The predicted octanol–water partition coefficient (Wildman–Crippen LogP) is 1.57. The number of aliphatic hydroxyl groups excluding tert-OH is 1. The van der Waals surface area contributed by atoms with E-state index in [4.69, 9.17) is 5.11 Å². The van der Waals surface area contributed by atoms with Crippen molar-refractivity contribution in [3.05, 3.63) is 33.1 Å². The Morgan fingerprint density at radius 3 is 2.80 bits per heavy atom. The molecule has 0 unspecified atom stereocenters. The largest absolute Gasteiger partial charge is 0.395 e. The Hall–Kier alpha value is -0.730. The minimum atomic E-state index is -0.323. The van der Waals surface area contributed by atoms with Gasteiger partial charge in [-0.2, -0.15) is 0 Å². The van der Waals surface area contributed by atoms with Gasteiger partial charge in [-0.25, -0.2) is 4.39 Å². The van der Waals surface area contributed by atoms with Gasteiger partial charge in [0, 0.05) is 29.7 Å². The molecular weight excluding hydrogens is 374 g/mol. The maximum absolute atomic E-state index is 13.1. The fourth-order valence-electron chi connectivity index (χ4n) is 2.37. The number of nitrogens with zero attached hydrogens (tertiary/aromatic N) is 2. The first-order valence-electron chi connectivity index (χ1n) is 6.69. The number of aliphatic hydroxyl groups is 1. The van der Waals surface area contributed by atoms with E-state index in [0.29, 0.717) is 28.8 Å². The van der Waals surface area contributed by atoms with Gasteiger partial charge in [0.1, 0.15) is 5.82 Å². The van der Waals surface area contributed by atoms with E-state index in [1.807, 2.05) is 27.5 Å². The van der Waals surface area contributed by atoms with Crippen LogP contribution in [0, 0.1) is 9.39 Å². The van der Waals surface area contributed by atoms with E-state index in [1.54, 1.807) is 6.07 Å². The van der Waals surface area contributed by atoms with Crippen LogP contribution in [0.15, 0.2) is 18.2 Å². The van der Waals surface area contributed by atoms with Gasteiger partial charge in [-0.15, -0.1) is 0 Å². The smallest absolute Gasteiger partial charge is 0.254 e. The van der Waals surface area contributed by atoms with Gasteiger partial charge in [-0.3, -0.25) is 9.69 Å². The van der Waals surface area contributed by atoms with Crippen LogP contribution in [0.3, 0.4) is 0 Å². The quantitative estimate of drug-likeness (QED) is 0.795. The normalized spacial score (nSPS) is 17.1. The van der Waals surface area contributed by atoms with Gasteiger partial charge in [0.05, 0.1) is 12.2 Å². The summed E-state index contributed by atoms with van der Waals surface area (Å²) in [5.41, 5.74) is 0.558. The van der Waals surface area contributed by atoms with Crippen molar-refractivity contribution in [2.45, 2.75) is 6.42 Å². The van der Waals surface area contributed by atoms with Crippen molar-refractivity contribution < 1.29 is 14.3 Å². The van der Waals surface area contributed by atoms with Crippen molar-refractivity contribution in [2.24, 2.45) is 0 Å². The van der Waals surface area contributed by atoms with Crippen molar-refractivity contribution in [1.82, 2.24) is 9.80 Å². The molecule has 110 valence electrons. The zero-order chi connectivity index (χ0) is 14.5. The van der Waals surface area contributed by atoms with E-state index in [9.17, 15) is 9.18 Å². The molecule has 1 heterocycles. The van der Waals surface area contributed by atoms with E-state index in [-0.39, 0.29) is 18.3 Å². The monoisotopic (exact) mass is 392 g/mol. The van der Waals surface area contributed by atoms with Crippen LogP contribution in [-0.4, -0.2) is 60.1 Å². The SMILES string of the molecule is O=C(c1ccc(F)cc1I)N1CCCN(CCO)CC1. The molecule has 0 radical (unpaired) electrons. The molecule has 0 aromatic heterocycles. The third-order valence-electron chi connectivity index (χ3n) is 3.45. The molecule has 0 saturated carbocycles. The first-order chi connectivity index (χ1) is 9.61. The summed E-state index contributed by atoms with van der Waals surface area (Å²) in [6.45, 7) is 3.80. The van der Waals surface area contributed by atoms with Gasteiger partial charge < -0.3 is 10.0 Å². The van der Waals surface area contributed by atoms with Crippen LogP contribution in [0.1, 0.15) is 16.8 Å². The Kier molecular flexibility index (Phi) is 5.74. The standard InChI is InChI=1S/C14H18FIN2O2/c15-11-2-3-12(13(16)10-11)14(20)18-5-1-4-17(6-7-18)8-9-19/h2-3,10,19H,1,4-9H2. The Bertz CT molecular complexity index is 484. The lowest BCUT2D eigenvalue weighted by molar-refractivity contribution is 0.0759. The van der Waals surface area contributed by atoms with Crippen molar-refractivity contribution in [3.8, 4) is 0 Å². The summed E-state index contributed by atoms with van der Waals surface area (Å²) in [6, 6.07) is 4.25. The summed E-state index contributed by atoms with van der Waals surface area (Å²) in [6.07, 6.45) is 0.892. The molecule has 1 N–H and O–H groups in total. The number of hydrogen-bond acceptors (Lipinski definition) is 3. The maximum Gasteiger partial charge on any atom is 0.254 e. The first kappa shape index (κ1) is 15.7. The van der Waals surface area contributed by atoms with Crippen molar-refractivity contribution in [2.75, 3.05) is 39.3 Å². The number of benzene rings is 1. The second kappa shape index (κ2) is 7.33. The van der Waals surface area contributed by atoms with E-state index in [0.717, 1.165) is 19.5 Å². The summed E-state index contributed by atoms with van der Waals surface area (Å²) in [5, 5.41) is 8.97. The average molecular weight is 392 g/mol. The van der Waals surface area contributed by atoms with Crippen LogP contribution in [-0.2, 0) is 0 Å². The van der Waals surface area contributed by atoms with Crippen LogP contribution in [0.4, 0.5) is 4.39 Å². The van der Waals surface area contributed by atoms with Crippen molar-refractivity contribution in [3.63, 3.8) is 0 Å². The molecule has 0 aliphatic carbocycles. The van der Waals surface area contributed by atoms with Gasteiger partial charge in [0.25, 0.3) is 5.91 Å². The second-order valence-electron chi connectivity index (χ2n) is 4.84. The van der Waals surface area contributed by atoms with Gasteiger partial charge in [-0.1, -0.05) is 0 Å². The fourth-order valence-corrected chi connectivity index (χ4v) is 3.08. The topological polar surface area (TPSA) is 43.8 Å². The Morgan fingerprint density at radius 2 is 2.10 bits per heavy atom. The first-order valence-corrected chi connectivity index (χ1v) is 7.77. The van der Waals surface area contributed by atoms with Crippen LogP contribution >= 0.6 is 22.6 Å². The number of carbonyl (C=O) groups excluding carboxylic acids is 1. The molecule has 1 aromatic rings. The minimum absolute atomic E-state index is 0.0414. The number of carbonyl (C=O) groups is 1. The predicted molar refractivity (Wildman–Crippen MR) is 83.2 cm³/mol. The highest BCUT2D eigenvalue weighted by Gasteiger charge is 2.21. The zero-order valence-corrected chi connectivity index (χ0v) is 13.3. The molecular formula is C14H18FIN2O2. The molecule has 1 aliphatic rings. The Morgan fingerprint density at radius 1 is 1.30 bits per heavy atom. The molecule has 0 atom stereocenters. The number of hydrogen-bond donors (Lipinski definition) is 1. The van der Waals surface area contributed by atoms with Crippen LogP contribution in [0.25, 0.3) is 0 Å². The third-order valence-corrected chi connectivity index (χ3v) is 4.35. The highest BCUT2D eigenvalue weighted by atomic mass is 127. The van der Waals surface area contributed by atoms with Crippen LogP contribution in [0.5, 0.6) is 0 Å². The van der Waals surface area contributed by atoms with Crippen LogP contribution in [0.2, 0.25) is 0 Å². The summed E-state index contributed by atoms with van der Waals surface area (Å²) < 4.78 is 13.7. The molecule has 20 heavy (non-hydrogen) atoms. The molecule has 4 nitrogen and oxygen atoms in total. The number of β-amino-alcohol motifs (C(OH)–C–C–N with tert-alkyl or cyclic N) is 1. The molecule has 1 amide bonds. The Balaban J connectivity index is 2.05. The second-order valence-corrected chi connectivity index (χ2v) is 6.00. The van der Waals surface area contributed by atoms with Gasteiger partial charge in [-0.05, 0) is 53.8 Å². The zero-order valence-electron chi connectivity index (χ0n) is 11.2. The number of amides is 1. The molecule has 6 heteroatoms. The summed E-state index contributed by atoms with van der Waals surface area (Å²) >= 11 is 1.99. The van der Waals surface area contributed by atoms with E-state index in [1.165, 1.54) is 12.1 Å². The minimum Gasteiger partial charge on any atom is -0.395 e. The summed E-state index contributed by atoms with van der Waals surface area (Å²) in [4.78, 5) is 16.4. The average Bonchev–Trinajstić information content (AvgIpc) is 2.64. The molecule has 1 aliphatic heterocycles.